The van der Waals surface area contributed by atoms with E-state index in [4.69, 9.17) is 18.0 Å². The molecule has 4 heteroatoms. The number of hydrogen-bond acceptors (Lipinski definition) is 2. The van der Waals surface area contributed by atoms with E-state index in [0.29, 0.717) is 11.3 Å². The van der Waals surface area contributed by atoms with Crippen LogP contribution in [0, 0.1) is 0 Å². The van der Waals surface area contributed by atoms with Crippen molar-refractivity contribution >= 4 is 17.3 Å². The maximum atomic E-state index is 5.39. The van der Waals surface area contributed by atoms with E-state index in [0.717, 1.165) is 13.1 Å². The van der Waals surface area contributed by atoms with E-state index in [-0.39, 0.29) is 0 Å². The average molecular weight is 187 g/mol. The molecule has 0 aromatic heterocycles. The van der Waals surface area contributed by atoms with Crippen LogP contribution in [0.3, 0.4) is 0 Å². The normalized spacial score (nSPS) is 21.8. The van der Waals surface area contributed by atoms with Gasteiger partial charge in [-0.05, 0) is 32.0 Å². The Morgan fingerprint density at radius 2 is 2.00 bits per heavy atom. The minimum atomic E-state index is 0.294. The van der Waals surface area contributed by atoms with E-state index >= 15 is 0 Å². The molecule has 0 aromatic carbocycles. The quantitative estimate of drug-likeness (QED) is 0.623. The predicted octanol–water partition coefficient (Wildman–Crippen LogP) is 0.651. The molecule has 0 radical (unpaired) electrons. The maximum Gasteiger partial charge on any atom is 0.164 e. The van der Waals surface area contributed by atoms with Gasteiger partial charge in [0.2, 0.25) is 0 Å². The summed E-state index contributed by atoms with van der Waals surface area (Å²) in [5.74, 6) is 0. The summed E-state index contributed by atoms with van der Waals surface area (Å²) in [6.07, 6.45) is 4.24. The van der Waals surface area contributed by atoms with Crippen molar-refractivity contribution < 1.29 is 0 Å². The highest BCUT2D eigenvalue weighted by Crippen LogP contribution is 2.10. The fourth-order valence-corrected chi connectivity index (χ4v) is 1.77. The van der Waals surface area contributed by atoms with Crippen molar-refractivity contribution in [1.29, 1.82) is 0 Å². The summed E-state index contributed by atoms with van der Waals surface area (Å²) in [7, 11) is 0. The average Bonchev–Trinajstić information content (AvgIpc) is 2.05. The van der Waals surface area contributed by atoms with E-state index in [1.54, 1.807) is 0 Å². The van der Waals surface area contributed by atoms with Gasteiger partial charge in [0.1, 0.15) is 0 Å². The van der Waals surface area contributed by atoms with Gasteiger partial charge in [-0.2, -0.15) is 0 Å². The third-order valence-electron chi connectivity index (χ3n) is 2.29. The van der Waals surface area contributed by atoms with Crippen molar-refractivity contribution in [2.75, 3.05) is 13.1 Å². The standard InChI is InChI=1S/C8H17N3S/c1-7(10-8(9)12)11-5-3-2-4-6-11/h7H,2-6H2,1H3,(H3,9,10,12). The fraction of sp³-hybridized carbons (Fsp3) is 0.875. The molecule has 0 bridgehead atoms. The second-order valence-corrected chi connectivity index (χ2v) is 3.72. The first kappa shape index (κ1) is 9.74. The number of likely N-dealkylation sites (tertiary alicyclic amines) is 1. The molecule has 1 aliphatic heterocycles. The van der Waals surface area contributed by atoms with Crippen molar-refractivity contribution in [3.05, 3.63) is 0 Å². The third kappa shape index (κ3) is 2.95. The number of rotatable bonds is 2. The van der Waals surface area contributed by atoms with Gasteiger partial charge in [0.15, 0.2) is 5.11 Å². The van der Waals surface area contributed by atoms with Crippen LogP contribution in [0.5, 0.6) is 0 Å². The summed E-state index contributed by atoms with van der Waals surface area (Å²) in [5.41, 5.74) is 5.39. The van der Waals surface area contributed by atoms with E-state index in [1.165, 1.54) is 19.3 Å². The molecule has 1 atom stereocenters. The number of nitrogens with two attached hydrogens (primary N) is 1. The molecule has 0 aromatic rings. The van der Waals surface area contributed by atoms with Crippen LogP contribution in [-0.2, 0) is 0 Å². The molecule has 0 saturated carbocycles. The molecule has 3 nitrogen and oxygen atoms in total. The van der Waals surface area contributed by atoms with Crippen molar-refractivity contribution in [3.63, 3.8) is 0 Å². The zero-order valence-electron chi connectivity index (χ0n) is 7.55. The third-order valence-corrected chi connectivity index (χ3v) is 2.41. The zero-order valence-corrected chi connectivity index (χ0v) is 8.36. The number of hydrogen-bond donors (Lipinski definition) is 2. The summed E-state index contributed by atoms with van der Waals surface area (Å²) in [5, 5.41) is 3.44. The van der Waals surface area contributed by atoms with Crippen LogP contribution in [0.15, 0.2) is 0 Å². The van der Waals surface area contributed by atoms with E-state index in [2.05, 4.69) is 17.1 Å². The second kappa shape index (κ2) is 4.62. The van der Waals surface area contributed by atoms with Crippen molar-refractivity contribution in [3.8, 4) is 0 Å². The molecular weight excluding hydrogens is 170 g/mol. The summed E-state index contributed by atoms with van der Waals surface area (Å²) in [4.78, 5) is 2.38. The minimum absolute atomic E-state index is 0.294. The van der Waals surface area contributed by atoms with Crippen LogP contribution in [0.4, 0.5) is 0 Å². The first-order valence-electron chi connectivity index (χ1n) is 4.50. The van der Waals surface area contributed by atoms with Crippen LogP contribution in [0.1, 0.15) is 26.2 Å². The highest BCUT2D eigenvalue weighted by atomic mass is 32.1. The highest BCUT2D eigenvalue weighted by Gasteiger charge is 2.15. The Labute approximate surface area is 79.3 Å². The molecule has 0 aliphatic carbocycles. The van der Waals surface area contributed by atoms with Gasteiger partial charge in [-0.15, -0.1) is 0 Å². The lowest BCUT2D eigenvalue weighted by atomic mass is 10.1. The van der Waals surface area contributed by atoms with Crippen LogP contribution in [0.25, 0.3) is 0 Å². The smallest absolute Gasteiger partial charge is 0.164 e. The van der Waals surface area contributed by atoms with Crippen LogP contribution in [0.2, 0.25) is 0 Å². The Hall–Kier alpha value is -0.350. The lowest BCUT2D eigenvalue weighted by molar-refractivity contribution is 0.164. The number of piperidine rings is 1. The van der Waals surface area contributed by atoms with Gasteiger partial charge in [-0.1, -0.05) is 6.42 Å². The Kier molecular flexibility index (Phi) is 3.75. The van der Waals surface area contributed by atoms with Gasteiger partial charge in [0.05, 0.1) is 6.17 Å². The van der Waals surface area contributed by atoms with Crippen molar-refractivity contribution in [2.24, 2.45) is 5.73 Å². The molecule has 1 unspecified atom stereocenters. The van der Waals surface area contributed by atoms with Gasteiger partial charge in [0, 0.05) is 13.1 Å². The largest absolute Gasteiger partial charge is 0.376 e. The van der Waals surface area contributed by atoms with E-state index < -0.39 is 0 Å². The van der Waals surface area contributed by atoms with Gasteiger partial charge in [-0.25, -0.2) is 0 Å². The molecule has 3 N–H and O–H groups in total. The number of nitrogens with zero attached hydrogens (tertiary/aromatic N) is 1. The van der Waals surface area contributed by atoms with Gasteiger partial charge >= 0.3 is 0 Å². The lowest BCUT2D eigenvalue weighted by Gasteiger charge is -2.32. The fourth-order valence-electron chi connectivity index (χ4n) is 1.60. The Morgan fingerprint density at radius 1 is 1.42 bits per heavy atom. The molecule has 0 spiro atoms. The topological polar surface area (TPSA) is 41.3 Å². The molecule has 70 valence electrons. The van der Waals surface area contributed by atoms with Crippen LogP contribution < -0.4 is 11.1 Å². The molecule has 1 heterocycles. The first-order chi connectivity index (χ1) is 5.70. The first-order valence-corrected chi connectivity index (χ1v) is 4.91. The van der Waals surface area contributed by atoms with E-state index in [1.807, 2.05) is 0 Å². The number of thiocarbonyl (C=S) groups is 1. The molecule has 1 fully saturated rings. The molecule has 0 amide bonds. The SMILES string of the molecule is CC(NC(N)=S)N1CCCCC1. The van der Waals surface area contributed by atoms with Crippen molar-refractivity contribution in [1.82, 2.24) is 10.2 Å². The molecule has 1 saturated heterocycles. The predicted molar refractivity (Wildman–Crippen MR) is 54.8 cm³/mol. The Morgan fingerprint density at radius 3 is 2.50 bits per heavy atom. The molecule has 1 rings (SSSR count). The summed E-state index contributed by atoms with van der Waals surface area (Å²) in [6, 6.07) is 0. The lowest BCUT2D eigenvalue weighted by Crippen LogP contribution is -2.49. The van der Waals surface area contributed by atoms with Gasteiger partial charge in [0.25, 0.3) is 0 Å². The molecular formula is C8H17N3S. The molecule has 12 heavy (non-hydrogen) atoms. The minimum Gasteiger partial charge on any atom is -0.376 e. The van der Waals surface area contributed by atoms with Crippen LogP contribution in [-0.4, -0.2) is 29.3 Å². The highest BCUT2D eigenvalue weighted by molar-refractivity contribution is 7.80. The maximum absolute atomic E-state index is 5.39. The van der Waals surface area contributed by atoms with Crippen LogP contribution >= 0.6 is 12.2 Å². The Balaban J connectivity index is 2.29. The van der Waals surface area contributed by atoms with E-state index in [9.17, 15) is 0 Å². The Bertz CT molecular complexity index is 154. The molecule has 1 aliphatic rings. The van der Waals surface area contributed by atoms with Gasteiger partial charge < -0.3 is 11.1 Å². The number of nitrogens with one attached hydrogen (secondary N) is 1. The monoisotopic (exact) mass is 187 g/mol. The van der Waals surface area contributed by atoms with Gasteiger partial charge in [-0.3, -0.25) is 4.90 Å². The zero-order chi connectivity index (χ0) is 8.97. The second-order valence-electron chi connectivity index (χ2n) is 3.28. The van der Waals surface area contributed by atoms with Crippen molar-refractivity contribution in [2.45, 2.75) is 32.4 Å². The summed E-state index contributed by atoms with van der Waals surface area (Å²) >= 11 is 4.78. The summed E-state index contributed by atoms with van der Waals surface area (Å²) in [6.45, 7) is 4.43. The summed E-state index contributed by atoms with van der Waals surface area (Å²) < 4.78 is 0.